The van der Waals surface area contributed by atoms with Crippen LogP contribution in [-0.2, 0) is 19.9 Å². The Bertz CT molecular complexity index is 714. The Hall–Kier alpha value is -1.94. The predicted octanol–water partition coefficient (Wildman–Crippen LogP) is 2.88. The number of aryl methyl sites for hydroxylation is 1. The highest BCUT2D eigenvalue weighted by atomic mass is 32.2. The lowest BCUT2D eigenvalue weighted by molar-refractivity contribution is 0.679. The number of aromatic nitrogens is 5. The average molecular weight is 316 g/mol. The molecule has 0 aliphatic carbocycles. The fraction of sp³-hybridized carbons (Fsp3) is 0.533. The van der Waals surface area contributed by atoms with Gasteiger partial charge in [0.25, 0.3) is 0 Å². The highest BCUT2D eigenvalue weighted by molar-refractivity contribution is 7.99. The molecule has 0 saturated carbocycles. The Morgan fingerprint density at radius 2 is 1.86 bits per heavy atom. The van der Waals surface area contributed by atoms with Gasteiger partial charge in [-0.1, -0.05) is 27.7 Å². The van der Waals surface area contributed by atoms with Gasteiger partial charge in [-0.3, -0.25) is 0 Å². The zero-order valence-corrected chi connectivity index (χ0v) is 14.4. The van der Waals surface area contributed by atoms with Gasteiger partial charge in [-0.15, -0.1) is 15.3 Å². The topological polar surface area (TPSA) is 80.3 Å². The van der Waals surface area contributed by atoms with Crippen LogP contribution in [0.1, 0.15) is 56.3 Å². The number of rotatable bonds is 5. The third-order valence-corrected chi connectivity index (χ3v) is 4.52. The minimum atomic E-state index is 0.294. The third kappa shape index (κ3) is 2.97. The zero-order chi connectivity index (χ0) is 16.3. The van der Waals surface area contributed by atoms with Crippen LogP contribution in [0.15, 0.2) is 10.2 Å². The van der Waals surface area contributed by atoms with Gasteiger partial charge in [-0.05, 0) is 30.2 Å². The smallest absolute Gasteiger partial charge is 0.197 e. The van der Waals surface area contributed by atoms with Gasteiger partial charge in [0.05, 0.1) is 11.3 Å². The molecule has 2 heterocycles. The number of nitriles is 1. The second-order valence-electron chi connectivity index (χ2n) is 5.28. The molecular formula is C15H20N6S. The molecule has 0 unspecified atom stereocenters. The summed E-state index contributed by atoms with van der Waals surface area (Å²) in [6.45, 7) is 8.20. The Labute approximate surface area is 135 Å². The summed E-state index contributed by atoms with van der Waals surface area (Å²) >= 11 is 1.35. The molecule has 2 aromatic heterocycles. The van der Waals surface area contributed by atoms with Crippen molar-refractivity contribution in [2.24, 2.45) is 7.05 Å². The maximum Gasteiger partial charge on any atom is 0.197 e. The van der Waals surface area contributed by atoms with Crippen molar-refractivity contribution in [3.05, 3.63) is 22.6 Å². The second kappa shape index (κ2) is 6.88. The minimum absolute atomic E-state index is 0.294. The molecule has 22 heavy (non-hydrogen) atoms. The van der Waals surface area contributed by atoms with E-state index in [1.165, 1.54) is 11.8 Å². The first kappa shape index (κ1) is 16.4. The molecule has 0 bridgehead atoms. The van der Waals surface area contributed by atoms with E-state index < -0.39 is 0 Å². The lowest BCUT2D eigenvalue weighted by atomic mass is 10.1. The normalized spacial score (nSPS) is 11.0. The summed E-state index contributed by atoms with van der Waals surface area (Å²) in [6.07, 6.45) is 1.54. The van der Waals surface area contributed by atoms with Crippen molar-refractivity contribution >= 4 is 11.8 Å². The Morgan fingerprint density at radius 3 is 2.36 bits per heavy atom. The van der Waals surface area contributed by atoms with Crippen LogP contribution < -0.4 is 0 Å². The van der Waals surface area contributed by atoms with Crippen LogP contribution in [0, 0.1) is 11.3 Å². The molecular weight excluding hydrogens is 296 g/mol. The highest BCUT2D eigenvalue weighted by Gasteiger charge is 2.19. The Morgan fingerprint density at radius 1 is 1.14 bits per heavy atom. The summed E-state index contributed by atoms with van der Waals surface area (Å²) in [5, 5.41) is 27.7. The summed E-state index contributed by atoms with van der Waals surface area (Å²) < 4.78 is 1.94. The predicted molar refractivity (Wildman–Crippen MR) is 84.7 cm³/mol. The largest absolute Gasteiger partial charge is 0.309 e. The summed E-state index contributed by atoms with van der Waals surface area (Å²) in [6, 6.07) is 2.28. The molecule has 0 saturated heterocycles. The van der Waals surface area contributed by atoms with Gasteiger partial charge in [0.1, 0.15) is 16.9 Å². The van der Waals surface area contributed by atoms with Gasteiger partial charge in [-0.25, -0.2) is 0 Å². The molecule has 7 heteroatoms. The molecule has 116 valence electrons. The fourth-order valence-electron chi connectivity index (χ4n) is 2.35. The van der Waals surface area contributed by atoms with Gasteiger partial charge in [-0.2, -0.15) is 10.4 Å². The van der Waals surface area contributed by atoms with Crippen LogP contribution in [0.4, 0.5) is 0 Å². The van der Waals surface area contributed by atoms with E-state index in [1.807, 2.05) is 25.5 Å². The Kier molecular flexibility index (Phi) is 5.14. The maximum atomic E-state index is 9.52. The maximum absolute atomic E-state index is 9.52. The molecule has 2 aromatic rings. The minimum Gasteiger partial charge on any atom is -0.309 e. The van der Waals surface area contributed by atoms with E-state index in [2.05, 4.69) is 40.3 Å². The van der Waals surface area contributed by atoms with Gasteiger partial charge in [0, 0.05) is 13.0 Å². The molecule has 0 spiro atoms. The first-order valence-corrected chi connectivity index (χ1v) is 8.20. The molecule has 0 fully saturated rings. The van der Waals surface area contributed by atoms with Gasteiger partial charge in [0.2, 0.25) is 0 Å². The molecule has 0 atom stereocenters. The van der Waals surface area contributed by atoms with Crippen molar-refractivity contribution in [1.29, 1.82) is 5.26 Å². The van der Waals surface area contributed by atoms with E-state index in [9.17, 15) is 5.26 Å². The SMILES string of the molecule is CCc1nnc(Sc2nnc(C(C)C)n2C)c(C#N)c1CC. The molecule has 0 aliphatic rings. The van der Waals surface area contributed by atoms with Crippen LogP contribution in [0.2, 0.25) is 0 Å². The van der Waals surface area contributed by atoms with Crippen molar-refractivity contribution in [2.45, 2.75) is 56.6 Å². The molecule has 0 aromatic carbocycles. The van der Waals surface area contributed by atoms with E-state index in [4.69, 9.17) is 0 Å². The van der Waals surface area contributed by atoms with Crippen LogP contribution in [-0.4, -0.2) is 25.0 Å². The Balaban J connectivity index is 2.44. The van der Waals surface area contributed by atoms with Crippen LogP contribution >= 0.6 is 11.8 Å². The van der Waals surface area contributed by atoms with E-state index in [0.29, 0.717) is 16.5 Å². The van der Waals surface area contributed by atoms with E-state index in [-0.39, 0.29) is 0 Å². The van der Waals surface area contributed by atoms with E-state index in [1.54, 1.807) is 0 Å². The van der Waals surface area contributed by atoms with E-state index >= 15 is 0 Å². The lowest BCUT2D eigenvalue weighted by Crippen LogP contribution is -2.05. The van der Waals surface area contributed by atoms with E-state index in [0.717, 1.165) is 35.1 Å². The zero-order valence-electron chi connectivity index (χ0n) is 13.6. The molecule has 0 aliphatic heterocycles. The van der Waals surface area contributed by atoms with Gasteiger partial charge >= 0.3 is 0 Å². The van der Waals surface area contributed by atoms with Crippen LogP contribution in [0.25, 0.3) is 0 Å². The van der Waals surface area contributed by atoms with Crippen molar-refractivity contribution < 1.29 is 0 Å². The second-order valence-corrected chi connectivity index (χ2v) is 6.24. The molecule has 0 N–H and O–H groups in total. The third-order valence-electron chi connectivity index (χ3n) is 3.50. The van der Waals surface area contributed by atoms with Gasteiger partial charge < -0.3 is 4.57 Å². The lowest BCUT2D eigenvalue weighted by Gasteiger charge is -2.10. The summed E-state index contributed by atoms with van der Waals surface area (Å²) in [7, 11) is 1.93. The van der Waals surface area contributed by atoms with Crippen molar-refractivity contribution in [2.75, 3.05) is 0 Å². The first-order valence-electron chi connectivity index (χ1n) is 7.39. The monoisotopic (exact) mass is 316 g/mol. The van der Waals surface area contributed by atoms with Crippen molar-refractivity contribution in [1.82, 2.24) is 25.0 Å². The fourth-order valence-corrected chi connectivity index (χ4v) is 3.18. The highest BCUT2D eigenvalue weighted by Crippen LogP contribution is 2.30. The van der Waals surface area contributed by atoms with Crippen molar-refractivity contribution in [3.8, 4) is 6.07 Å². The molecule has 6 nitrogen and oxygen atoms in total. The first-order chi connectivity index (χ1) is 10.5. The van der Waals surface area contributed by atoms with Crippen LogP contribution in [0.5, 0.6) is 0 Å². The van der Waals surface area contributed by atoms with Crippen LogP contribution in [0.3, 0.4) is 0 Å². The summed E-state index contributed by atoms with van der Waals surface area (Å²) in [5.74, 6) is 1.21. The molecule has 2 rings (SSSR count). The number of hydrogen-bond donors (Lipinski definition) is 0. The standard InChI is InChI=1S/C15H20N6S/c1-6-10-11(8-16)14(19-17-12(10)7-2)22-15-20-18-13(9(3)4)21(15)5/h9H,6-7H2,1-5H3. The number of hydrogen-bond acceptors (Lipinski definition) is 6. The average Bonchev–Trinajstić information content (AvgIpc) is 2.87. The van der Waals surface area contributed by atoms with Crippen molar-refractivity contribution in [3.63, 3.8) is 0 Å². The number of nitrogens with zero attached hydrogens (tertiary/aromatic N) is 6. The molecule has 0 radical (unpaired) electrons. The van der Waals surface area contributed by atoms with Gasteiger partial charge in [0.15, 0.2) is 5.16 Å². The summed E-state index contributed by atoms with van der Waals surface area (Å²) in [4.78, 5) is 0. The molecule has 0 amide bonds. The summed E-state index contributed by atoms with van der Waals surface area (Å²) in [5.41, 5.74) is 2.48. The quantitative estimate of drug-likeness (QED) is 0.843.